The Kier molecular flexibility index (Phi) is 4.96. The molecule has 3 heterocycles. The maximum atomic E-state index is 14.2. The van der Waals surface area contributed by atoms with Gasteiger partial charge < -0.3 is 11.1 Å². The highest BCUT2D eigenvalue weighted by Crippen LogP contribution is 2.34. The Bertz CT molecular complexity index is 1050. The predicted octanol–water partition coefficient (Wildman–Crippen LogP) is 3.77. The number of rotatable bonds is 3. The van der Waals surface area contributed by atoms with E-state index in [1.54, 1.807) is 10.7 Å². The van der Waals surface area contributed by atoms with Crippen LogP contribution < -0.4 is 11.1 Å². The van der Waals surface area contributed by atoms with E-state index >= 15 is 0 Å². The van der Waals surface area contributed by atoms with Crippen molar-refractivity contribution in [1.29, 1.82) is 0 Å². The lowest BCUT2D eigenvalue weighted by atomic mass is 9.87. The lowest BCUT2D eigenvalue weighted by Crippen LogP contribution is -2.59. The molecule has 3 N–H and O–H groups in total. The van der Waals surface area contributed by atoms with E-state index in [1.165, 1.54) is 11.3 Å². The fourth-order valence-corrected chi connectivity index (χ4v) is 4.67. The molecule has 1 fully saturated rings. The maximum absolute atomic E-state index is 14.2. The van der Waals surface area contributed by atoms with Crippen molar-refractivity contribution in [2.24, 2.45) is 5.73 Å². The summed E-state index contributed by atoms with van der Waals surface area (Å²) in [5, 5.41) is 6.86. The fourth-order valence-electron chi connectivity index (χ4n) is 3.51. The zero-order valence-corrected chi connectivity index (χ0v) is 17.4. The van der Waals surface area contributed by atoms with E-state index in [9.17, 15) is 13.6 Å². The number of pyridine rings is 1. The van der Waals surface area contributed by atoms with E-state index < -0.39 is 23.9 Å². The summed E-state index contributed by atoms with van der Waals surface area (Å²) in [5.41, 5.74) is 8.07. The molecule has 10 heteroatoms. The number of alkyl halides is 2. The van der Waals surface area contributed by atoms with Crippen molar-refractivity contribution in [3.05, 3.63) is 38.9 Å². The summed E-state index contributed by atoms with van der Waals surface area (Å²) in [5.74, 6) is -3.64. The maximum Gasteiger partial charge on any atom is 0.280 e. The van der Waals surface area contributed by atoms with Gasteiger partial charge in [0.15, 0.2) is 5.01 Å². The molecule has 0 saturated heterocycles. The van der Waals surface area contributed by atoms with Crippen LogP contribution in [-0.2, 0) is 0 Å². The number of nitrogens with two attached hydrogens (primary N) is 1. The van der Waals surface area contributed by atoms with Crippen molar-refractivity contribution in [1.82, 2.24) is 19.9 Å². The number of aryl methyl sites for hydroxylation is 1. The third kappa shape index (κ3) is 3.44. The first-order valence-corrected chi connectivity index (χ1v) is 10.4. The van der Waals surface area contributed by atoms with Crippen LogP contribution >= 0.6 is 27.3 Å². The molecule has 3 aromatic rings. The highest BCUT2D eigenvalue weighted by atomic mass is 79.9. The SMILES string of the molecule is Cc1sc(C(=O)N[C@@H]2[C@H](N)CCCC2(F)F)nc1-c1cnn2cc(Br)ccc12. The standard InChI is InChI=1S/C18H18BrF2N5OS/c1-9-14(11-7-23-26-8-10(19)4-5-13(11)26)24-17(28-9)16(27)25-15-12(22)3-2-6-18(15,20)21/h4-5,7-8,12,15H,2-3,6,22H2,1H3,(H,25,27)/t12-,15-/m1/s1. The third-order valence-electron chi connectivity index (χ3n) is 4.94. The van der Waals surface area contributed by atoms with Crippen LogP contribution in [0, 0.1) is 6.92 Å². The van der Waals surface area contributed by atoms with Crippen LogP contribution in [0.1, 0.15) is 33.9 Å². The number of thiazole rings is 1. The Hall–Kier alpha value is -1.91. The zero-order valence-electron chi connectivity index (χ0n) is 15.0. The Labute approximate surface area is 172 Å². The van der Waals surface area contributed by atoms with Crippen molar-refractivity contribution in [3.63, 3.8) is 0 Å². The number of nitrogens with zero attached hydrogens (tertiary/aromatic N) is 3. The zero-order chi connectivity index (χ0) is 20.1. The van der Waals surface area contributed by atoms with E-state index in [2.05, 4.69) is 31.3 Å². The summed E-state index contributed by atoms with van der Waals surface area (Å²) in [7, 11) is 0. The number of halogens is 3. The van der Waals surface area contributed by atoms with Gasteiger partial charge in [-0.05, 0) is 47.8 Å². The van der Waals surface area contributed by atoms with Crippen molar-refractivity contribution < 1.29 is 13.6 Å². The van der Waals surface area contributed by atoms with Crippen LogP contribution in [0.4, 0.5) is 8.78 Å². The van der Waals surface area contributed by atoms with Gasteiger partial charge in [0.1, 0.15) is 6.04 Å². The number of hydrogen-bond donors (Lipinski definition) is 2. The highest BCUT2D eigenvalue weighted by Gasteiger charge is 2.46. The Morgan fingerprint density at radius 2 is 2.25 bits per heavy atom. The number of amides is 1. The summed E-state index contributed by atoms with van der Waals surface area (Å²) < 4.78 is 31.0. The summed E-state index contributed by atoms with van der Waals surface area (Å²) in [4.78, 5) is 17.8. The van der Waals surface area contributed by atoms with Gasteiger partial charge >= 0.3 is 0 Å². The molecular formula is C18H18BrF2N5OS. The minimum atomic E-state index is -3.02. The van der Waals surface area contributed by atoms with Crippen molar-refractivity contribution in [2.75, 3.05) is 0 Å². The molecular weight excluding hydrogens is 452 g/mol. The van der Waals surface area contributed by atoms with Gasteiger partial charge in [0.25, 0.3) is 11.8 Å². The molecule has 28 heavy (non-hydrogen) atoms. The number of aromatic nitrogens is 3. The van der Waals surface area contributed by atoms with Gasteiger partial charge in [-0.2, -0.15) is 5.10 Å². The van der Waals surface area contributed by atoms with E-state index in [0.29, 0.717) is 18.5 Å². The van der Waals surface area contributed by atoms with E-state index in [0.717, 1.165) is 20.4 Å². The second kappa shape index (κ2) is 7.16. The number of fused-ring (bicyclic) bond motifs is 1. The molecule has 1 amide bonds. The first-order chi connectivity index (χ1) is 13.3. The molecule has 0 aromatic carbocycles. The van der Waals surface area contributed by atoms with E-state index in [1.807, 2.05) is 25.3 Å². The second-order valence-electron chi connectivity index (χ2n) is 6.93. The van der Waals surface area contributed by atoms with Gasteiger partial charge in [-0.3, -0.25) is 4.79 Å². The predicted molar refractivity (Wildman–Crippen MR) is 107 cm³/mol. The average Bonchev–Trinajstić information content (AvgIpc) is 3.20. The summed E-state index contributed by atoms with van der Waals surface area (Å²) in [6, 6.07) is 1.64. The Balaban J connectivity index is 1.63. The van der Waals surface area contributed by atoms with Crippen molar-refractivity contribution >= 4 is 38.7 Å². The van der Waals surface area contributed by atoms with E-state index in [-0.39, 0.29) is 11.4 Å². The van der Waals surface area contributed by atoms with Crippen LogP contribution in [0.15, 0.2) is 29.0 Å². The number of carbonyl (C=O) groups excluding carboxylic acids is 1. The molecule has 6 nitrogen and oxygen atoms in total. The Morgan fingerprint density at radius 1 is 1.46 bits per heavy atom. The first kappa shape index (κ1) is 19.4. The molecule has 3 aromatic heterocycles. The molecule has 0 radical (unpaired) electrons. The molecule has 1 saturated carbocycles. The second-order valence-corrected chi connectivity index (χ2v) is 9.05. The lowest BCUT2D eigenvalue weighted by Gasteiger charge is -2.36. The number of carbonyl (C=O) groups is 1. The summed E-state index contributed by atoms with van der Waals surface area (Å²) in [6.45, 7) is 1.84. The quantitative estimate of drug-likeness (QED) is 0.611. The highest BCUT2D eigenvalue weighted by molar-refractivity contribution is 9.10. The number of nitrogens with one attached hydrogen (secondary N) is 1. The summed E-state index contributed by atoms with van der Waals surface area (Å²) >= 11 is 4.57. The molecule has 1 aliphatic rings. The van der Waals surface area contributed by atoms with E-state index in [4.69, 9.17) is 5.73 Å². The van der Waals surface area contributed by atoms with Gasteiger partial charge in [0, 0.05) is 33.6 Å². The minimum Gasteiger partial charge on any atom is -0.340 e. The molecule has 0 aliphatic heterocycles. The molecule has 148 valence electrons. The van der Waals surface area contributed by atoms with Crippen LogP contribution in [0.3, 0.4) is 0 Å². The minimum absolute atomic E-state index is 0.137. The van der Waals surface area contributed by atoms with Gasteiger partial charge in [-0.25, -0.2) is 18.3 Å². The van der Waals surface area contributed by atoms with Crippen LogP contribution in [0.2, 0.25) is 0 Å². The van der Waals surface area contributed by atoms with Crippen LogP contribution in [0.25, 0.3) is 16.8 Å². The van der Waals surface area contributed by atoms with Gasteiger partial charge in [0.2, 0.25) is 0 Å². The van der Waals surface area contributed by atoms with Gasteiger partial charge in [-0.1, -0.05) is 0 Å². The van der Waals surface area contributed by atoms with Gasteiger partial charge in [0.05, 0.1) is 17.4 Å². The average molecular weight is 470 g/mol. The summed E-state index contributed by atoms with van der Waals surface area (Å²) in [6.07, 6.45) is 4.04. The molecule has 0 spiro atoms. The normalized spacial score (nSPS) is 21.8. The lowest BCUT2D eigenvalue weighted by molar-refractivity contribution is -0.0674. The molecule has 2 atom stereocenters. The topological polar surface area (TPSA) is 85.3 Å². The van der Waals surface area contributed by atoms with Gasteiger partial charge in [-0.15, -0.1) is 11.3 Å². The largest absolute Gasteiger partial charge is 0.340 e. The molecule has 0 bridgehead atoms. The molecule has 4 rings (SSSR count). The Morgan fingerprint density at radius 3 is 3.00 bits per heavy atom. The van der Waals surface area contributed by atoms with Crippen molar-refractivity contribution in [2.45, 2.75) is 44.2 Å². The smallest absolute Gasteiger partial charge is 0.280 e. The monoisotopic (exact) mass is 469 g/mol. The van der Waals surface area contributed by atoms with Crippen LogP contribution in [-0.4, -0.2) is 38.5 Å². The fraction of sp³-hybridized carbons (Fsp3) is 0.389. The number of hydrogen-bond acceptors (Lipinski definition) is 5. The molecule has 1 aliphatic carbocycles. The molecule has 0 unspecified atom stereocenters. The van der Waals surface area contributed by atoms with Crippen LogP contribution in [0.5, 0.6) is 0 Å². The first-order valence-electron chi connectivity index (χ1n) is 8.81. The van der Waals surface area contributed by atoms with Crippen molar-refractivity contribution in [3.8, 4) is 11.3 Å². The third-order valence-corrected chi connectivity index (χ3v) is 6.38.